The van der Waals surface area contributed by atoms with E-state index in [1.165, 1.54) is 16.7 Å². The largest absolute Gasteiger partial charge is 0.496 e. The maximum Gasteiger partial charge on any atom is 0.329 e. The molecule has 4 aromatic rings. The van der Waals surface area contributed by atoms with Crippen molar-refractivity contribution in [2.24, 2.45) is 0 Å². The van der Waals surface area contributed by atoms with Gasteiger partial charge in [-0.25, -0.2) is 4.79 Å². The van der Waals surface area contributed by atoms with E-state index in [4.69, 9.17) is 37.4 Å². The van der Waals surface area contributed by atoms with Crippen molar-refractivity contribution >= 4 is 35.1 Å². The van der Waals surface area contributed by atoms with Gasteiger partial charge in [0, 0.05) is 18.6 Å². The molecule has 4 rings (SSSR count). The lowest BCUT2D eigenvalue weighted by Gasteiger charge is -2.25. The van der Waals surface area contributed by atoms with Crippen LogP contribution in [0.25, 0.3) is 11.1 Å². The fourth-order valence-electron chi connectivity index (χ4n) is 4.69. The minimum absolute atomic E-state index is 0.0732. The predicted molar refractivity (Wildman–Crippen MR) is 169 cm³/mol. The second-order valence-corrected chi connectivity index (χ2v) is 11.9. The third kappa shape index (κ3) is 7.59. The van der Waals surface area contributed by atoms with Gasteiger partial charge in [-0.2, -0.15) is 0 Å². The first kappa shape index (κ1) is 32.6. The number of nitrogens with one attached hydrogen (secondary N) is 1. The van der Waals surface area contributed by atoms with Gasteiger partial charge in [-0.1, -0.05) is 53.5 Å². The summed E-state index contributed by atoms with van der Waals surface area (Å²) in [6.07, 6.45) is 0.139. The zero-order valence-electron chi connectivity index (χ0n) is 25.0. The fraction of sp³-hybridized carbons (Fsp3) is 0.273. The lowest BCUT2D eigenvalue weighted by Crippen LogP contribution is -2.45. The summed E-state index contributed by atoms with van der Waals surface area (Å²) in [4.78, 5) is 26.3. The van der Waals surface area contributed by atoms with Crippen LogP contribution in [0, 0.1) is 0 Å². The fourth-order valence-corrected chi connectivity index (χ4v) is 5.26. The lowest BCUT2D eigenvalue weighted by molar-refractivity contribution is -0.157. The Kier molecular flexibility index (Phi) is 10.0. The summed E-state index contributed by atoms with van der Waals surface area (Å²) < 4.78 is 18.3. The zero-order valence-corrected chi connectivity index (χ0v) is 26.5. The molecule has 232 valence electrons. The normalized spacial score (nSPS) is 12.0. The van der Waals surface area contributed by atoms with Crippen molar-refractivity contribution in [3.05, 3.63) is 93.5 Å². The Balaban J connectivity index is 1.62. The molecule has 1 atom stereocenters. The number of hydrogen-bond donors (Lipinski definition) is 3. The SMILES string of the molecule is COc1cc(Cn2c(O)ccc2O)cc(OC)c1-c1ccc(C[C@H](NC(=O)c2c(Cl)cccc2Cl)C(=O)OC(C)(C)C)cc1. The van der Waals surface area contributed by atoms with Crippen molar-refractivity contribution in [3.8, 4) is 34.4 Å². The highest BCUT2D eigenvalue weighted by molar-refractivity contribution is 6.39. The highest BCUT2D eigenvalue weighted by atomic mass is 35.5. The first-order valence-corrected chi connectivity index (χ1v) is 14.5. The summed E-state index contributed by atoms with van der Waals surface area (Å²) in [5.41, 5.74) is 2.26. The molecule has 0 aliphatic carbocycles. The molecule has 0 fully saturated rings. The molecule has 3 aromatic carbocycles. The van der Waals surface area contributed by atoms with Gasteiger partial charge in [-0.3, -0.25) is 9.36 Å². The van der Waals surface area contributed by atoms with E-state index in [0.717, 1.165) is 16.7 Å². The number of rotatable bonds is 10. The van der Waals surface area contributed by atoms with Gasteiger partial charge >= 0.3 is 5.97 Å². The van der Waals surface area contributed by atoms with Crippen molar-refractivity contribution in [2.75, 3.05) is 14.2 Å². The number of amides is 1. The van der Waals surface area contributed by atoms with E-state index in [0.29, 0.717) is 17.1 Å². The third-order valence-corrected chi connectivity index (χ3v) is 7.34. The second-order valence-electron chi connectivity index (χ2n) is 11.1. The number of hydrogen-bond acceptors (Lipinski definition) is 7. The van der Waals surface area contributed by atoms with E-state index in [1.807, 2.05) is 24.3 Å². The number of aromatic hydroxyl groups is 2. The summed E-state index contributed by atoms with van der Waals surface area (Å²) in [7, 11) is 3.08. The average molecular weight is 642 g/mol. The number of carbonyl (C=O) groups excluding carboxylic acids is 2. The average Bonchev–Trinajstić information content (AvgIpc) is 3.28. The summed E-state index contributed by atoms with van der Waals surface area (Å²) >= 11 is 12.5. The van der Waals surface area contributed by atoms with Crippen LogP contribution in [0.15, 0.2) is 66.7 Å². The molecule has 1 aromatic heterocycles. The van der Waals surface area contributed by atoms with Crippen LogP contribution in [0.3, 0.4) is 0 Å². The quantitative estimate of drug-likeness (QED) is 0.167. The summed E-state index contributed by atoms with van der Waals surface area (Å²) in [6.45, 7) is 5.44. The van der Waals surface area contributed by atoms with Crippen LogP contribution in [0.5, 0.6) is 23.3 Å². The number of methoxy groups -OCH3 is 2. The molecule has 0 radical (unpaired) electrons. The Hall–Kier alpha value is -4.34. The molecule has 1 amide bonds. The van der Waals surface area contributed by atoms with Crippen molar-refractivity contribution in [1.29, 1.82) is 0 Å². The molecular formula is C33H34Cl2N2O7. The maximum absolute atomic E-state index is 13.2. The zero-order chi connectivity index (χ0) is 32.2. The molecular weight excluding hydrogens is 607 g/mol. The number of carbonyl (C=O) groups is 2. The first-order chi connectivity index (χ1) is 20.8. The third-order valence-electron chi connectivity index (χ3n) is 6.71. The molecule has 11 heteroatoms. The maximum atomic E-state index is 13.2. The summed E-state index contributed by atoms with van der Waals surface area (Å²) in [5.74, 6) is -0.296. The Morgan fingerprint density at radius 2 is 1.41 bits per heavy atom. The molecule has 0 saturated carbocycles. The van der Waals surface area contributed by atoms with E-state index in [2.05, 4.69) is 5.32 Å². The number of benzene rings is 3. The van der Waals surface area contributed by atoms with E-state index < -0.39 is 23.5 Å². The van der Waals surface area contributed by atoms with Gasteiger partial charge < -0.3 is 29.7 Å². The van der Waals surface area contributed by atoms with E-state index in [-0.39, 0.29) is 40.3 Å². The monoisotopic (exact) mass is 640 g/mol. The highest BCUT2D eigenvalue weighted by Gasteiger charge is 2.29. The van der Waals surface area contributed by atoms with Crippen molar-refractivity contribution in [2.45, 2.75) is 45.4 Å². The Morgan fingerprint density at radius 3 is 1.91 bits per heavy atom. The molecule has 0 aliphatic heterocycles. The summed E-state index contributed by atoms with van der Waals surface area (Å²) in [6, 6.07) is 17.5. The Labute approximate surface area is 265 Å². The second kappa shape index (κ2) is 13.5. The van der Waals surface area contributed by atoms with Gasteiger partial charge in [-0.15, -0.1) is 0 Å². The van der Waals surface area contributed by atoms with E-state index >= 15 is 0 Å². The first-order valence-electron chi connectivity index (χ1n) is 13.7. The number of ether oxygens (including phenoxy) is 3. The van der Waals surface area contributed by atoms with Crippen LogP contribution in [-0.4, -0.2) is 52.5 Å². The van der Waals surface area contributed by atoms with Crippen LogP contribution in [0.2, 0.25) is 10.0 Å². The van der Waals surface area contributed by atoms with Crippen LogP contribution in [-0.2, 0) is 22.5 Å². The van der Waals surface area contributed by atoms with Crippen LogP contribution >= 0.6 is 23.2 Å². The van der Waals surface area contributed by atoms with Gasteiger partial charge in [-0.05, 0) is 61.7 Å². The molecule has 3 N–H and O–H groups in total. The van der Waals surface area contributed by atoms with Gasteiger partial charge in [0.2, 0.25) is 0 Å². The number of nitrogens with zero attached hydrogens (tertiary/aromatic N) is 1. The predicted octanol–water partition coefficient (Wildman–Crippen LogP) is 6.62. The van der Waals surface area contributed by atoms with E-state index in [1.54, 1.807) is 65.3 Å². The number of halogens is 2. The van der Waals surface area contributed by atoms with E-state index in [9.17, 15) is 19.8 Å². The minimum atomic E-state index is -1.02. The smallest absolute Gasteiger partial charge is 0.329 e. The van der Waals surface area contributed by atoms with Gasteiger partial charge in [0.15, 0.2) is 11.8 Å². The molecule has 44 heavy (non-hydrogen) atoms. The van der Waals surface area contributed by atoms with Gasteiger partial charge in [0.05, 0.1) is 41.9 Å². The molecule has 0 spiro atoms. The van der Waals surface area contributed by atoms with Crippen LogP contribution in [0.1, 0.15) is 42.3 Å². The van der Waals surface area contributed by atoms with Gasteiger partial charge in [0.25, 0.3) is 5.91 Å². The molecule has 1 heterocycles. The van der Waals surface area contributed by atoms with Crippen molar-refractivity contribution in [1.82, 2.24) is 9.88 Å². The highest BCUT2D eigenvalue weighted by Crippen LogP contribution is 2.40. The van der Waals surface area contributed by atoms with Gasteiger partial charge in [0.1, 0.15) is 23.1 Å². The van der Waals surface area contributed by atoms with Crippen LogP contribution < -0.4 is 14.8 Å². The Bertz CT molecular complexity index is 1600. The molecule has 0 aliphatic rings. The minimum Gasteiger partial charge on any atom is -0.496 e. The molecule has 0 unspecified atom stereocenters. The van der Waals surface area contributed by atoms with Crippen LogP contribution in [0.4, 0.5) is 0 Å². The summed E-state index contributed by atoms with van der Waals surface area (Å²) in [5, 5.41) is 23.2. The van der Waals surface area contributed by atoms with Crippen molar-refractivity contribution < 1.29 is 34.0 Å². The molecule has 0 saturated heterocycles. The molecule has 9 nitrogen and oxygen atoms in total. The topological polar surface area (TPSA) is 119 Å². The molecule has 0 bridgehead atoms. The number of aromatic nitrogens is 1. The number of esters is 1. The van der Waals surface area contributed by atoms with Crippen molar-refractivity contribution in [3.63, 3.8) is 0 Å². The Morgan fingerprint density at radius 1 is 0.864 bits per heavy atom. The lowest BCUT2D eigenvalue weighted by atomic mass is 9.97. The standard InChI is InChI=1S/C33H34Cl2N2O7/c1-33(2,3)44-32(41)24(36-31(40)30-22(34)7-6-8-23(30)35)15-19-9-11-21(12-10-19)29-25(42-4)16-20(17-26(29)43-5)18-37-27(38)13-14-28(37)39/h6-14,16-17,24,38-39H,15,18H2,1-5H3,(H,36,40)/t24-/m0/s1.